The lowest BCUT2D eigenvalue weighted by atomic mass is 10.0. The Hall–Kier alpha value is -3.12. The molecule has 5 nitrogen and oxygen atoms in total. The number of nitrogens with one attached hydrogen (secondary N) is 1. The van der Waals surface area contributed by atoms with E-state index in [9.17, 15) is 13.2 Å². The molecular formula is C24H26N2O3S. The van der Waals surface area contributed by atoms with Gasteiger partial charge in [-0.25, -0.2) is 8.42 Å². The third-order valence-electron chi connectivity index (χ3n) is 5.25. The zero-order valence-electron chi connectivity index (χ0n) is 17.6. The topological polar surface area (TPSA) is 66.5 Å². The molecule has 1 N–H and O–H groups in total. The molecule has 3 rings (SSSR count). The van der Waals surface area contributed by atoms with Crippen molar-refractivity contribution in [3.05, 3.63) is 95.1 Å². The molecule has 0 aromatic heterocycles. The van der Waals surface area contributed by atoms with Crippen LogP contribution in [0.15, 0.2) is 77.7 Å². The summed E-state index contributed by atoms with van der Waals surface area (Å²) in [6.45, 7) is 6.02. The zero-order valence-corrected chi connectivity index (χ0v) is 18.4. The summed E-state index contributed by atoms with van der Waals surface area (Å²) < 4.78 is 26.9. The van der Waals surface area contributed by atoms with E-state index in [1.165, 1.54) is 22.5 Å². The van der Waals surface area contributed by atoms with E-state index < -0.39 is 10.0 Å². The number of nitrogens with zero attached hydrogens (tertiary/aromatic N) is 1. The van der Waals surface area contributed by atoms with Gasteiger partial charge in [0.05, 0.1) is 16.6 Å². The molecule has 0 spiro atoms. The van der Waals surface area contributed by atoms with Gasteiger partial charge in [0.25, 0.3) is 15.9 Å². The van der Waals surface area contributed by atoms with Crippen LogP contribution in [0.3, 0.4) is 0 Å². The first-order chi connectivity index (χ1) is 14.2. The van der Waals surface area contributed by atoms with E-state index >= 15 is 0 Å². The number of anilines is 1. The van der Waals surface area contributed by atoms with Crippen LogP contribution in [-0.2, 0) is 10.0 Å². The maximum Gasteiger partial charge on any atom is 0.264 e. The fraction of sp³-hybridized carbons (Fsp3) is 0.208. The summed E-state index contributed by atoms with van der Waals surface area (Å²) in [5.74, 6) is -0.256. The molecule has 0 unspecified atom stereocenters. The molecule has 0 saturated heterocycles. The third-order valence-corrected chi connectivity index (χ3v) is 7.05. The Bertz CT molecular complexity index is 1160. The van der Waals surface area contributed by atoms with Crippen molar-refractivity contribution in [1.82, 2.24) is 5.32 Å². The average Bonchev–Trinajstić information content (AvgIpc) is 2.75. The smallest absolute Gasteiger partial charge is 0.264 e. The second-order valence-corrected chi connectivity index (χ2v) is 9.34. The second-order valence-electron chi connectivity index (χ2n) is 7.37. The van der Waals surface area contributed by atoms with Crippen LogP contribution in [0.5, 0.6) is 0 Å². The minimum absolute atomic E-state index is 0.175. The van der Waals surface area contributed by atoms with Gasteiger partial charge in [0.15, 0.2) is 0 Å². The van der Waals surface area contributed by atoms with Crippen molar-refractivity contribution in [3.63, 3.8) is 0 Å². The number of sulfonamides is 1. The molecule has 0 heterocycles. The van der Waals surface area contributed by atoms with Crippen molar-refractivity contribution < 1.29 is 13.2 Å². The van der Waals surface area contributed by atoms with Crippen molar-refractivity contribution in [3.8, 4) is 0 Å². The van der Waals surface area contributed by atoms with Crippen molar-refractivity contribution in [1.29, 1.82) is 0 Å². The number of amides is 1. The van der Waals surface area contributed by atoms with Crippen molar-refractivity contribution in [2.75, 3.05) is 11.4 Å². The number of carbonyl (C=O) groups excluding carboxylic acids is 1. The van der Waals surface area contributed by atoms with Crippen molar-refractivity contribution in [2.45, 2.75) is 31.7 Å². The van der Waals surface area contributed by atoms with Gasteiger partial charge in [0.1, 0.15) is 0 Å². The van der Waals surface area contributed by atoms with Crippen LogP contribution in [0.4, 0.5) is 5.69 Å². The van der Waals surface area contributed by atoms with Gasteiger partial charge in [-0.2, -0.15) is 0 Å². The number of rotatable bonds is 6. The van der Waals surface area contributed by atoms with E-state index in [0.717, 1.165) is 5.56 Å². The van der Waals surface area contributed by atoms with Crippen LogP contribution >= 0.6 is 0 Å². The number of aryl methyl sites for hydroxylation is 2. The molecule has 1 amide bonds. The summed E-state index contributed by atoms with van der Waals surface area (Å²) in [5, 5.41) is 2.99. The quantitative estimate of drug-likeness (QED) is 0.630. The Labute approximate surface area is 178 Å². The Morgan fingerprint density at radius 1 is 0.900 bits per heavy atom. The van der Waals surface area contributed by atoms with Crippen LogP contribution in [0.1, 0.15) is 40.0 Å². The number of carbonyl (C=O) groups is 1. The Morgan fingerprint density at radius 3 is 2.27 bits per heavy atom. The molecule has 6 heteroatoms. The fourth-order valence-electron chi connectivity index (χ4n) is 3.13. The van der Waals surface area contributed by atoms with Crippen molar-refractivity contribution in [2.24, 2.45) is 0 Å². The highest BCUT2D eigenvalue weighted by atomic mass is 32.2. The summed E-state index contributed by atoms with van der Waals surface area (Å²) in [6, 6.07) is 20.8. The normalized spacial score (nSPS) is 12.3. The monoisotopic (exact) mass is 422 g/mol. The van der Waals surface area contributed by atoms with Crippen LogP contribution in [0.25, 0.3) is 0 Å². The van der Waals surface area contributed by atoms with Crippen LogP contribution < -0.4 is 9.62 Å². The first kappa shape index (κ1) is 21.6. The molecule has 0 aliphatic carbocycles. The standard InChI is InChI=1S/C24H26N2O3S/c1-17-13-14-20(15-18(17)2)19(3)25-24(27)21-9-8-10-22(16-21)26(4)30(28,29)23-11-6-5-7-12-23/h5-16,19H,1-4H3,(H,25,27)/t19-/m0/s1. The Morgan fingerprint density at radius 2 is 1.60 bits per heavy atom. The first-order valence-corrected chi connectivity index (χ1v) is 11.2. The van der Waals surface area contributed by atoms with Gasteiger partial charge in [-0.3, -0.25) is 9.10 Å². The Balaban J connectivity index is 1.80. The number of hydrogen-bond donors (Lipinski definition) is 1. The molecule has 3 aromatic carbocycles. The zero-order chi connectivity index (χ0) is 21.9. The highest BCUT2D eigenvalue weighted by Crippen LogP contribution is 2.23. The highest BCUT2D eigenvalue weighted by molar-refractivity contribution is 7.92. The van der Waals surface area contributed by atoms with E-state index in [-0.39, 0.29) is 16.8 Å². The van der Waals surface area contributed by atoms with Gasteiger partial charge in [0, 0.05) is 12.6 Å². The molecule has 30 heavy (non-hydrogen) atoms. The lowest BCUT2D eigenvalue weighted by molar-refractivity contribution is 0.0940. The maximum atomic E-state index is 12.9. The molecule has 0 saturated carbocycles. The molecule has 0 fully saturated rings. The summed E-state index contributed by atoms with van der Waals surface area (Å²) in [6.07, 6.45) is 0. The van der Waals surface area contributed by atoms with Crippen LogP contribution in [0, 0.1) is 13.8 Å². The molecule has 1 atom stereocenters. The lowest BCUT2D eigenvalue weighted by Crippen LogP contribution is -2.28. The maximum absolute atomic E-state index is 12.9. The molecule has 0 aliphatic rings. The minimum Gasteiger partial charge on any atom is -0.346 e. The predicted molar refractivity (Wildman–Crippen MR) is 120 cm³/mol. The van der Waals surface area contributed by atoms with E-state index in [2.05, 4.69) is 11.4 Å². The van der Waals surface area contributed by atoms with E-state index in [1.807, 2.05) is 32.9 Å². The molecule has 156 valence electrons. The van der Waals surface area contributed by atoms with E-state index in [4.69, 9.17) is 0 Å². The summed E-state index contributed by atoms with van der Waals surface area (Å²) in [5.41, 5.74) is 4.21. The number of benzene rings is 3. The van der Waals surface area contributed by atoms with Gasteiger partial charge < -0.3 is 5.32 Å². The van der Waals surface area contributed by atoms with Crippen LogP contribution in [-0.4, -0.2) is 21.4 Å². The van der Waals surface area contributed by atoms with Crippen molar-refractivity contribution >= 4 is 21.6 Å². The molecule has 3 aromatic rings. The first-order valence-electron chi connectivity index (χ1n) is 9.72. The van der Waals surface area contributed by atoms with Gasteiger partial charge in [-0.05, 0) is 67.8 Å². The summed E-state index contributed by atoms with van der Waals surface area (Å²) in [4.78, 5) is 13.0. The molecule has 0 aliphatic heterocycles. The van der Waals surface area contributed by atoms with Gasteiger partial charge in [-0.15, -0.1) is 0 Å². The summed E-state index contributed by atoms with van der Waals surface area (Å²) >= 11 is 0. The molecule has 0 radical (unpaired) electrons. The van der Waals surface area contributed by atoms with Gasteiger partial charge >= 0.3 is 0 Å². The molecule has 0 bridgehead atoms. The minimum atomic E-state index is -3.71. The largest absolute Gasteiger partial charge is 0.346 e. The third kappa shape index (κ3) is 4.54. The lowest BCUT2D eigenvalue weighted by Gasteiger charge is -2.20. The van der Waals surface area contributed by atoms with E-state index in [1.54, 1.807) is 54.6 Å². The Kier molecular flexibility index (Phi) is 6.27. The number of hydrogen-bond acceptors (Lipinski definition) is 3. The molecular weight excluding hydrogens is 396 g/mol. The van der Waals surface area contributed by atoms with Crippen LogP contribution in [0.2, 0.25) is 0 Å². The summed E-state index contributed by atoms with van der Waals surface area (Å²) in [7, 11) is -2.22. The predicted octanol–water partition coefficient (Wildman–Crippen LogP) is 4.62. The average molecular weight is 423 g/mol. The fourth-order valence-corrected chi connectivity index (χ4v) is 4.34. The highest BCUT2D eigenvalue weighted by Gasteiger charge is 2.22. The second kappa shape index (κ2) is 8.71. The van der Waals surface area contributed by atoms with Gasteiger partial charge in [-0.1, -0.05) is 42.5 Å². The van der Waals surface area contributed by atoms with E-state index in [0.29, 0.717) is 11.3 Å². The van der Waals surface area contributed by atoms with Gasteiger partial charge in [0.2, 0.25) is 0 Å². The SMILES string of the molecule is Cc1ccc([C@H](C)NC(=O)c2cccc(N(C)S(=O)(=O)c3ccccc3)c2)cc1C.